The van der Waals surface area contributed by atoms with Gasteiger partial charge in [0.05, 0.1) is 0 Å². The second-order valence-corrected chi connectivity index (χ2v) is 5.76. The number of hydroxylamine groups is 1. The van der Waals surface area contributed by atoms with E-state index in [1.165, 1.54) is 14.1 Å². The minimum atomic E-state index is -1.71. The van der Waals surface area contributed by atoms with Gasteiger partial charge < -0.3 is 4.90 Å². The van der Waals surface area contributed by atoms with Gasteiger partial charge >= 0.3 is 0 Å². The Morgan fingerprint density at radius 1 is 0.926 bits per heavy atom. The zero-order valence-electron chi connectivity index (χ0n) is 14.8. The van der Waals surface area contributed by atoms with Gasteiger partial charge in [0.2, 0.25) is 0 Å². The number of carbonyl (C=O) groups excluding carboxylic acids is 3. The molecule has 1 unspecified atom stereocenters. The molecule has 3 amide bonds. The Bertz CT molecular complexity index is 803. The lowest BCUT2D eigenvalue weighted by Gasteiger charge is -2.29. The summed E-state index contributed by atoms with van der Waals surface area (Å²) in [7, 11) is 2.45. The van der Waals surface area contributed by atoms with Gasteiger partial charge in [-0.25, -0.2) is 11.7 Å². The van der Waals surface area contributed by atoms with Crippen LogP contribution in [-0.4, -0.2) is 63.1 Å². The number of amides is 3. The van der Waals surface area contributed by atoms with E-state index in [9.17, 15) is 19.6 Å². The Morgan fingerprint density at radius 2 is 1.44 bits per heavy atom. The Balaban J connectivity index is 2.28. The summed E-state index contributed by atoms with van der Waals surface area (Å²) in [6.45, 7) is 0. The van der Waals surface area contributed by atoms with Gasteiger partial charge in [0, 0.05) is 32.1 Å². The SMILES string of the molecule is CN(N)C(=O)C(C(=O)N(N)O)N(C)C(=O)c1ccc(-c2ccncc2)cc1. The number of benzene rings is 1. The number of aromatic nitrogens is 1. The van der Waals surface area contributed by atoms with Crippen LogP contribution in [-0.2, 0) is 9.59 Å². The average Bonchev–Trinajstić information content (AvgIpc) is 2.67. The van der Waals surface area contributed by atoms with Gasteiger partial charge in [-0.3, -0.25) is 29.6 Å². The lowest BCUT2D eigenvalue weighted by Crippen LogP contribution is -2.58. The minimum absolute atomic E-state index is 0.238. The molecule has 2 rings (SSSR count). The Kier molecular flexibility index (Phi) is 6.19. The van der Waals surface area contributed by atoms with Crippen LogP contribution in [0.5, 0.6) is 0 Å². The van der Waals surface area contributed by atoms with Crippen LogP contribution >= 0.6 is 0 Å². The average molecular weight is 372 g/mol. The van der Waals surface area contributed by atoms with E-state index >= 15 is 0 Å². The molecule has 0 spiro atoms. The molecule has 10 heteroatoms. The van der Waals surface area contributed by atoms with Crippen LogP contribution in [0.3, 0.4) is 0 Å². The highest BCUT2D eigenvalue weighted by molar-refractivity contribution is 6.08. The Labute approximate surface area is 155 Å². The maximum atomic E-state index is 12.7. The van der Waals surface area contributed by atoms with E-state index in [0.29, 0.717) is 5.01 Å². The van der Waals surface area contributed by atoms with Crippen molar-refractivity contribution in [2.24, 2.45) is 11.7 Å². The van der Waals surface area contributed by atoms with Gasteiger partial charge in [0.25, 0.3) is 17.7 Å². The summed E-state index contributed by atoms with van der Waals surface area (Å²) < 4.78 is 0. The highest BCUT2D eigenvalue weighted by Gasteiger charge is 2.37. The highest BCUT2D eigenvalue weighted by atomic mass is 16.5. The van der Waals surface area contributed by atoms with E-state index in [0.717, 1.165) is 16.0 Å². The fourth-order valence-electron chi connectivity index (χ4n) is 2.43. The van der Waals surface area contributed by atoms with Gasteiger partial charge in [0.1, 0.15) is 0 Å². The van der Waals surface area contributed by atoms with Crippen molar-refractivity contribution in [1.82, 2.24) is 20.1 Å². The summed E-state index contributed by atoms with van der Waals surface area (Å²) >= 11 is 0. The normalized spacial score (nSPS) is 11.4. The van der Waals surface area contributed by atoms with E-state index in [1.54, 1.807) is 36.7 Å². The van der Waals surface area contributed by atoms with Crippen LogP contribution in [0.1, 0.15) is 10.4 Å². The molecule has 10 nitrogen and oxygen atoms in total. The van der Waals surface area contributed by atoms with Gasteiger partial charge in [-0.1, -0.05) is 12.1 Å². The van der Waals surface area contributed by atoms with Crippen LogP contribution in [0.25, 0.3) is 11.1 Å². The summed E-state index contributed by atoms with van der Waals surface area (Å²) in [6, 6.07) is 8.52. The van der Waals surface area contributed by atoms with E-state index in [2.05, 4.69) is 4.98 Å². The molecule has 0 aliphatic heterocycles. The van der Waals surface area contributed by atoms with Gasteiger partial charge in [0.15, 0.2) is 6.04 Å². The molecule has 1 heterocycles. The maximum absolute atomic E-state index is 12.7. The number of likely N-dealkylation sites (N-methyl/N-ethyl adjacent to an activating group) is 2. The Morgan fingerprint density at radius 3 is 1.93 bits per heavy atom. The van der Waals surface area contributed by atoms with E-state index < -0.39 is 23.8 Å². The van der Waals surface area contributed by atoms with Crippen molar-refractivity contribution in [3.8, 4) is 11.1 Å². The summed E-state index contributed by atoms with van der Waals surface area (Å²) in [4.78, 5) is 41.8. The number of nitrogens with zero attached hydrogens (tertiary/aromatic N) is 4. The zero-order chi connectivity index (χ0) is 20.1. The molecular formula is C17H20N6O4. The second kappa shape index (κ2) is 8.36. The first-order valence-electron chi connectivity index (χ1n) is 7.81. The third kappa shape index (κ3) is 4.44. The molecule has 0 fully saturated rings. The zero-order valence-corrected chi connectivity index (χ0v) is 14.8. The molecule has 1 aromatic carbocycles. The molecule has 27 heavy (non-hydrogen) atoms. The van der Waals surface area contributed by atoms with Crippen LogP contribution in [0.2, 0.25) is 0 Å². The second-order valence-electron chi connectivity index (χ2n) is 5.76. The monoisotopic (exact) mass is 372 g/mol. The minimum Gasteiger partial charge on any atom is -0.321 e. The molecule has 2 aromatic rings. The smallest absolute Gasteiger partial charge is 0.293 e. The molecule has 5 N–H and O–H groups in total. The molecule has 0 radical (unpaired) electrons. The molecule has 142 valence electrons. The van der Waals surface area contributed by atoms with Crippen molar-refractivity contribution in [3.05, 3.63) is 54.4 Å². The molecule has 1 atom stereocenters. The lowest BCUT2D eigenvalue weighted by molar-refractivity contribution is -0.174. The summed E-state index contributed by atoms with van der Waals surface area (Å²) in [6.07, 6.45) is 3.31. The number of hydrogen-bond donors (Lipinski definition) is 3. The fraction of sp³-hybridized carbons (Fsp3) is 0.176. The third-order valence-electron chi connectivity index (χ3n) is 3.89. The third-order valence-corrected chi connectivity index (χ3v) is 3.89. The van der Waals surface area contributed by atoms with Crippen molar-refractivity contribution in [2.45, 2.75) is 6.04 Å². The number of pyridine rings is 1. The molecule has 0 bridgehead atoms. The van der Waals surface area contributed by atoms with Crippen molar-refractivity contribution >= 4 is 17.7 Å². The highest BCUT2D eigenvalue weighted by Crippen LogP contribution is 2.19. The van der Waals surface area contributed by atoms with Crippen molar-refractivity contribution < 1.29 is 19.6 Å². The predicted molar refractivity (Wildman–Crippen MR) is 95.3 cm³/mol. The predicted octanol–water partition coefficient (Wildman–Crippen LogP) is -0.387. The number of nitrogens with two attached hydrogens (primary N) is 2. The quantitative estimate of drug-likeness (QED) is 0.213. The van der Waals surface area contributed by atoms with E-state index in [-0.39, 0.29) is 10.7 Å². The maximum Gasteiger partial charge on any atom is 0.293 e. The summed E-state index contributed by atoms with van der Waals surface area (Å²) in [5, 5.41) is 9.59. The standard InChI is InChI=1S/C17H20N6O4/c1-21(14(16(25)22(2)18)17(26)23(19)27)15(24)13-5-3-11(4-6-13)12-7-9-20-10-8-12/h3-10,14,27H,18-19H2,1-2H3. The number of hydrazine groups is 2. The van der Waals surface area contributed by atoms with E-state index in [4.69, 9.17) is 11.7 Å². The molecule has 0 aliphatic rings. The van der Waals surface area contributed by atoms with Crippen LogP contribution in [0, 0.1) is 0 Å². The van der Waals surface area contributed by atoms with Crippen molar-refractivity contribution in [1.29, 1.82) is 0 Å². The van der Waals surface area contributed by atoms with Crippen molar-refractivity contribution in [2.75, 3.05) is 14.1 Å². The lowest BCUT2D eigenvalue weighted by atomic mass is 10.0. The number of carbonyl (C=O) groups is 3. The first-order valence-corrected chi connectivity index (χ1v) is 7.81. The first-order chi connectivity index (χ1) is 12.7. The summed E-state index contributed by atoms with van der Waals surface area (Å²) in [5.41, 5.74) is 2.02. The van der Waals surface area contributed by atoms with Crippen LogP contribution < -0.4 is 11.7 Å². The molecular weight excluding hydrogens is 352 g/mol. The van der Waals surface area contributed by atoms with Gasteiger partial charge in [-0.2, -0.15) is 5.17 Å². The molecule has 1 aromatic heterocycles. The van der Waals surface area contributed by atoms with Crippen molar-refractivity contribution in [3.63, 3.8) is 0 Å². The van der Waals surface area contributed by atoms with Crippen LogP contribution in [0.4, 0.5) is 0 Å². The number of rotatable bonds is 5. The van der Waals surface area contributed by atoms with Crippen LogP contribution in [0.15, 0.2) is 48.8 Å². The summed E-state index contributed by atoms with van der Waals surface area (Å²) in [5.74, 6) is 7.68. The first kappa shape index (κ1) is 20.0. The number of hydrogen-bond acceptors (Lipinski definition) is 7. The molecule has 0 saturated carbocycles. The largest absolute Gasteiger partial charge is 0.321 e. The molecule has 0 saturated heterocycles. The fourth-order valence-corrected chi connectivity index (χ4v) is 2.43. The van der Waals surface area contributed by atoms with Gasteiger partial charge in [-0.15, -0.1) is 0 Å². The Hall–Kier alpha value is -3.34. The topological polar surface area (TPSA) is 146 Å². The van der Waals surface area contributed by atoms with Gasteiger partial charge in [-0.05, 0) is 35.4 Å². The molecule has 0 aliphatic carbocycles. The van der Waals surface area contributed by atoms with E-state index in [1.807, 2.05) is 12.1 Å².